The maximum Gasteiger partial charge on any atom is 0.237 e. The number of nitrogens with zero attached hydrogens (tertiary/aromatic N) is 3. The number of imidazole rings is 1. The summed E-state index contributed by atoms with van der Waals surface area (Å²) in [7, 11) is 1.68. The molecule has 0 atom stereocenters. The first-order valence-electron chi connectivity index (χ1n) is 7.21. The van der Waals surface area contributed by atoms with Crippen molar-refractivity contribution in [3.05, 3.63) is 17.3 Å². The normalized spacial score (nSPS) is 11.6. The summed E-state index contributed by atoms with van der Waals surface area (Å²) in [5, 5.41) is 5.54. The van der Waals surface area contributed by atoms with Crippen LogP contribution in [0.15, 0.2) is 11.6 Å². The largest absolute Gasteiger partial charge is 0.480 e. The van der Waals surface area contributed by atoms with Gasteiger partial charge in [-0.05, 0) is 19.5 Å². The highest BCUT2D eigenvalue weighted by Gasteiger charge is 2.13. The van der Waals surface area contributed by atoms with Gasteiger partial charge in [0.25, 0.3) is 0 Å². The molecular weight excluding hydrogens is 272 g/mol. The molecule has 112 valence electrons. The molecule has 2 aromatic heterocycles. The van der Waals surface area contributed by atoms with E-state index in [1.807, 2.05) is 11.6 Å². The number of rotatable bonds is 9. The topological polar surface area (TPSA) is 41.8 Å². The average molecular weight is 296 g/mol. The summed E-state index contributed by atoms with van der Waals surface area (Å²) in [4.78, 5) is 7.90. The SMILES string of the molecule is CCCN(CC)CCNCc1c(OC)nc2sccn12. The van der Waals surface area contributed by atoms with Crippen LogP contribution in [0.1, 0.15) is 26.0 Å². The molecule has 2 aromatic rings. The van der Waals surface area contributed by atoms with Gasteiger partial charge in [-0.1, -0.05) is 13.8 Å². The molecule has 2 heterocycles. The number of fused-ring (bicyclic) bond motifs is 1. The summed E-state index contributed by atoms with van der Waals surface area (Å²) in [5.74, 6) is 0.727. The predicted molar refractivity (Wildman–Crippen MR) is 83.7 cm³/mol. The lowest BCUT2D eigenvalue weighted by atomic mass is 10.4. The van der Waals surface area contributed by atoms with E-state index in [1.54, 1.807) is 18.4 Å². The van der Waals surface area contributed by atoms with E-state index < -0.39 is 0 Å². The van der Waals surface area contributed by atoms with Gasteiger partial charge in [0.1, 0.15) is 5.69 Å². The molecular formula is C14H24N4OS. The van der Waals surface area contributed by atoms with Crippen molar-refractivity contribution < 1.29 is 4.74 Å². The minimum Gasteiger partial charge on any atom is -0.480 e. The molecule has 0 aliphatic rings. The predicted octanol–water partition coefficient (Wildman–Crippen LogP) is 2.23. The van der Waals surface area contributed by atoms with Gasteiger partial charge >= 0.3 is 0 Å². The number of hydrogen-bond donors (Lipinski definition) is 1. The summed E-state index contributed by atoms with van der Waals surface area (Å²) >= 11 is 1.63. The Morgan fingerprint density at radius 3 is 2.95 bits per heavy atom. The van der Waals surface area contributed by atoms with Crippen LogP contribution < -0.4 is 10.1 Å². The number of methoxy groups -OCH3 is 1. The molecule has 0 aromatic carbocycles. The Labute approximate surface area is 124 Å². The van der Waals surface area contributed by atoms with Crippen molar-refractivity contribution in [3.8, 4) is 5.88 Å². The fourth-order valence-electron chi connectivity index (χ4n) is 2.33. The Balaban J connectivity index is 1.87. The van der Waals surface area contributed by atoms with Crippen molar-refractivity contribution in [2.75, 3.05) is 33.3 Å². The van der Waals surface area contributed by atoms with Gasteiger partial charge in [0.15, 0.2) is 4.96 Å². The molecule has 0 unspecified atom stereocenters. The number of hydrogen-bond acceptors (Lipinski definition) is 5. The molecule has 2 rings (SSSR count). The van der Waals surface area contributed by atoms with E-state index in [-0.39, 0.29) is 0 Å². The summed E-state index contributed by atoms with van der Waals surface area (Å²) in [6.07, 6.45) is 3.25. The molecule has 0 bridgehead atoms. The van der Waals surface area contributed by atoms with Crippen molar-refractivity contribution in [1.29, 1.82) is 0 Å². The highest BCUT2D eigenvalue weighted by Crippen LogP contribution is 2.22. The molecule has 0 saturated heterocycles. The Morgan fingerprint density at radius 1 is 1.40 bits per heavy atom. The van der Waals surface area contributed by atoms with E-state index in [2.05, 4.69) is 33.4 Å². The summed E-state index contributed by atoms with van der Waals surface area (Å²) in [6.45, 7) is 9.56. The van der Waals surface area contributed by atoms with Crippen LogP contribution in [0.3, 0.4) is 0 Å². The van der Waals surface area contributed by atoms with Crippen LogP contribution in [-0.4, -0.2) is 47.6 Å². The average Bonchev–Trinajstić information content (AvgIpc) is 3.03. The third-order valence-corrected chi connectivity index (χ3v) is 4.16. The lowest BCUT2D eigenvalue weighted by molar-refractivity contribution is 0.287. The van der Waals surface area contributed by atoms with Crippen LogP contribution in [0, 0.1) is 0 Å². The second-order valence-electron chi connectivity index (χ2n) is 4.73. The van der Waals surface area contributed by atoms with Crippen molar-refractivity contribution in [2.24, 2.45) is 0 Å². The monoisotopic (exact) mass is 296 g/mol. The highest BCUT2D eigenvalue weighted by atomic mass is 32.1. The van der Waals surface area contributed by atoms with Crippen molar-refractivity contribution in [2.45, 2.75) is 26.8 Å². The van der Waals surface area contributed by atoms with Gasteiger partial charge < -0.3 is 15.0 Å². The van der Waals surface area contributed by atoms with Crippen LogP contribution in [0.5, 0.6) is 5.88 Å². The van der Waals surface area contributed by atoms with Gasteiger partial charge in [0, 0.05) is 31.2 Å². The van der Waals surface area contributed by atoms with E-state index in [4.69, 9.17) is 4.74 Å². The molecule has 6 heteroatoms. The second kappa shape index (κ2) is 7.61. The fraction of sp³-hybridized carbons (Fsp3) is 0.643. The number of likely N-dealkylation sites (N-methyl/N-ethyl adjacent to an activating group) is 1. The smallest absolute Gasteiger partial charge is 0.237 e. The number of thiazole rings is 1. The summed E-state index contributed by atoms with van der Waals surface area (Å²) < 4.78 is 7.45. The van der Waals surface area contributed by atoms with E-state index in [1.165, 1.54) is 13.0 Å². The lowest BCUT2D eigenvalue weighted by Crippen LogP contribution is -2.32. The number of ether oxygens (including phenoxy) is 1. The first-order chi connectivity index (χ1) is 9.80. The molecule has 0 amide bonds. The Kier molecular flexibility index (Phi) is 5.82. The molecule has 0 aliphatic carbocycles. The summed E-state index contributed by atoms with van der Waals surface area (Å²) in [5.41, 5.74) is 1.10. The summed E-state index contributed by atoms with van der Waals surface area (Å²) in [6, 6.07) is 0. The minimum absolute atomic E-state index is 0.727. The van der Waals surface area contributed by atoms with E-state index in [0.717, 1.165) is 42.7 Å². The molecule has 0 saturated carbocycles. The van der Waals surface area contributed by atoms with Crippen molar-refractivity contribution >= 4 is 16.3 Å². The first-order valence-corrected chi connectivity index (χ1v) is 8.09. The molecule has 1 N–H and O–H groups in total. The maximum atomic E-state index is 5.35. The van der Waals surface area contributed by atoms with Gasteiger partial charge in [-0.3, -0.25) is 4.40 Å². The van der Waals surface area contributed by atoms with E-state index >= 15 is 0 Å². The van der Waals surface area contributed by atoms with Gasteiger partial charge in [-0.15, -0.1) is 11.3 Å². The standard InChI is InChI=1S/C14H24N4OS/c1-4-7-17(5-2)8-6-15-11-12-13(19-3)16-14-18(12)9-10-20-14/h9-10,15H,4-8,11H2,1-3H3. The molecule has 5 nitrogen and oxygen atoms in total. The number of nitrogens with one attached hydrogen (secondary N) is 1. The first kappa shape index (κ1) is 15.3. The molecule has 0 spiro atoms. The Bertz CT molecular complexity index is 522. The van der Waals surface area contributed by atoms with Gasteiger partial charge in [-0.25, -0.2) is 0 Å². The van der Waals surface area contributed by atoms with Crippen molar-refractivity contribution in [3.63, 3.8) is 0 Å². The van der Waals surface area contributed by atoms with Crippen LogP contribution in [-0.2, 0) is 6.54 Å². The zero-order valence-corrected chi connectivity index (χ0v) is 13.4. The molecule has 0 radical (unpaired) electrons. The lowest BCUT2D eigenvalue weighted by Gasteiger charge is -2.19. The second-order valence-corrected chi connectivity index (χ2v) is 5.61. The van der Waals surface area contributed by atoms with Gasteiger partial charge in [-0.2, -0.15) is 4.98 Å². The zero-order chi connectivity index (χ0) is 14.4. The van der Waals surface area contributed by atoms with Crippen LogP contribution >= 0.6 is 11.3 Å². The quantitative estimate of drug-likeness (QED) is 0.721. The van der Waals surface area contributed by atoms with Crippen molar-refractivity contribution in [1.82, 2.24) is 19.6 Å². The minimum atomic E-state index is 0.727. The molecule has 0 fully saturated rings. The van der Waals surface area contributed by atoms with Crippen LogP contribution in [0.4, 0.5) is 0 Å². The van der Waals surface area contributed by atoms with Gasteiger partial charge in [0.05, 0.1) is 7.11 Å². The highest BCUT2D eigenvalue weighted by molar-refractivity contribution is 7.15. The fourth-order valence-corrected chi connectivity index (χ4v) is 3.05. The third-order valence-electron chi connectivity index (χ3n) is 3.40. The third kappa shape index (κ3) is 3.50. The van der Waals surface area contributed by atoms with E-state index in [0.29, 0.717) is 0 Å². The molecule has 0 aliphatic heterocycles. The molecule has 20 heavy (non-hydrogen) atoms. The maximum absolute atomic E-state index is 5.35. The van der Waals surface area contributed by atoms with Gasteiger partial charge in [0.2, 0.25) is 5.88 Å². The zero-order valence-electron chi connectivity index (χ0n) is 12.6. The van der Waals surface area contributed by atoms with Crippen LogP contribution in [0.25, 0.3) is 4.96 Å². The van der Waals surface area contributed by atoms with E-state index in [9.17, 15) is 0 Å². The van der Waals surface area contributed by atoms with Crippen LogP contribution in [0.2, 0.25) is 0 Å². The Morgan fingerprint density at radius 2 is 2.25 bits per heavy atom. The Hall–Kier alpha value is -1.11. The number of aromatic nitrogens is 2.